The van der Waals surface area contributed by atoms with Crippen LogP contribution in [-0.4, -0.2) is 42.2 Å². The quantitative estimate of drug-likeness (QED) is 0.312. The Morgan fingerprint density at radius 1 is 0.861 bits per heavy atom. The zero-order valence-corrected chi connectivity index (χ0v) is 20.4. The number of nitrogens with zero attached hydrogens (tertiary/aromatic N) is 3. The van der Waals surface area contributed by atoms with Crippen molar-refractivity contribution in [2.24, 2.45) is 0 Å². The van der Waals surface area contributed by atoms with E-state index in [1.807, 2.05) is 66.9 Å². The molecule has 4 aromatic rings. The van der Waals surface area contributed by atoms with E-state index in [1.54, 1.807) is 20.3 Å². The van der Waals surface area contributed by atoms with E-state index in [9.17, 15) is 4.39 Å². The van der Waals surface area contributed by atoms with Gasteiger partial charge in [0.2, 0.25) is 0 Å². The Labute approximate surface area is 210 Å². The predicted molar refractivity (Wildman–Crippen MR) is 140 cm³/mol. The first kappa shape index (κ1) is 23.7. The molecule has 0 bridgehead atoms. The van der Waals surface area contributed by atoms with Crippen LogP contribution in [0.3, 0.4) is 0 Å². The van der Waals surface area contributed by atoms with Crippen molar-refractivity contribution in [2.75, 3.05) is 27.3 Å². The van der Waals surface area contributed by atoms with Gasteiger partial charge in [-0.2, -0.15) is 0 Å². The van der Waals surface area contributed by atoms with Crippen molar-refractivity contribution in [3.63, 3.8) is 0 Å². The van der Waals surface area contributed by atoms with Gasteiger partial charge in [0.05, 0.1) is 19.9 Å². The molecule has 0 spiro atoms. The number of hydrogen-bond acceptors (Lipinski definition) is 5. The Hall–Kier alpha value is -4.03. The molecule has 0 amide bonds. The van der Waals surface area contributed by atoms with E-state index < -0.39 is 0 Å². The summed E-state index contributed by atoms with van der Waals surface area (Å²) in [4.78, 5) is 12.0. The number of halogens is 1. The highest BCUT2D eigenvalue weighted by Gasteiger charge is 2.19. The lowest BCUT2D eigenvalue weighted by atomic mass is 9.99. The topological polar surface area (TPSA) is 47.5 Å². The van der Waals surface area contributed by atoms with Gasteiger partial charge in [-0.3, -0.25) is 4.90 Å². The summed E-state index contributed by atoms with van der Waals surface area (Å²) in [6, 6.07) is 22.8. The van der Waals surface area contributed by atoms with Gasteiger partial charge in [0.1, 0.15) is 17.3 Å². The highest BCUT2D eigenvalue weighted by atomic mass is 19.1. The first-order valence-electron chi connectivity index (χ1n) is 12.0. The van der Waals surface area contributed by atoms with Crippen LogP contribution in [0.4, 0.5) is 4.39 Å². The Balaban J connectivity index is 1.45. The number of rotatable bonds is 7. The van der Waals surface area contributed by atoms with Crippen molar-refractivity contribution in [3.8, 4) is 33.9 Å². The third-order valence-corrected chi connectivity index (χ3v) is 6.49. The van der Waals surface area contributed by atoms with Gasteiger partial charge < -0.3 is 9.47 Å². The summed E-state index contributed by atoms with van der Waals surface area (Å²) in [6.45, 7) is 2.14. The molecular weight excluding hydrogens is 453 g/mol. The van der Waals surface area contributed by atoms with Crippen molar-refractivity contribution in [2.45, 2.75) is 13.0 Å². The summed E-state index contributed by atoms with van der Waals surface area (Å²) in [7, 11) is 3.32. The molecule has 1 aliphatic heterocycles. The number of aromatic nitrogens is 2. The van der Waals surface area contributed by atoms with Gasteiger partial charge in [-0.05, 0) is 60.0 Å². The third-order valence-electron chi connectivity index (χ3n) is 6.49. The fourth-order valence-electron chi connectivity index (χ4n) is 4.41. The van der Waals surface area contributed by atoms with E-state index in [4.69, 9.17) is 19.4 Å². The van der Waals surface area contributed by atoms with E-state index in [1.165, 1.54) is 6.07 Å². The third kappa shape index (κ3) is 5.14. The smallest absolute Gasteiger partial charge is 0.155 e. The molecule has 0 fully saturated rings. The molecule has 1 aliphatic rings. The van der Waals surface area contributed by atoms with Crippen molar-refractivity contribution in [1.82, 2.24) is 14.9 Å². The molecule has 0 atom stereocenters. The van der Waals surface area contributed by atoms with Crippen LogP contribution in [0.2, 0.25) is 0 Å². The maximum Gasteiger partial charge on any atom is 0.155 e. The molecular formula is C30H28FN3O2. The Morgan fingerprint density at radius 2 is 1.53 bits per heavy atom. The van der Waals surface area contributed by atoms with Gasteiger partial charge in [-0.15, -0.1) is 0 Å². The lowest BCUT2D eigenvalue weighted by Crippen LogP contribution is -2.28. The minimum absolute atomic E-state index is 0.158. The summed E-state index contributed by atoms with van der Waals surface area (Å²) in [5.74, 6) is 2.16. The first-order chi connectivity index (χ1) is 17.6. The van der Waals surface area contributed by atoms with Crippen LogP contribution in [0.5, 0.6) is 11.5 Å². The largest absolute Gasteiger partial charge is 0.497 e. The van der Waals surface area contributed by atoms with Crippen LogP contribution < -0.4 is 9.47 Å². The second kappa shape index (κ2) is 10.7. The van der Waals surface area contributed by atoms with Crippen molar-refractivity contribution in [1.29, 1.82) is 0 Å². The average molecular weight is 482 g/mol. The molecule has 0 N–H and O–H groups in total. The van der Waals surface area contributed by atoms with Crippen molar-refractivity contribution >= 4 is 5.57 Å². The number of methoxy groups -OCH3 is 2. The van der Waals surface area contributed by atoms with Gasteiger partial charge in [0.25, 0.3) is 0 Å². The second-order valence-corrected chi connectivity index (χ2v) is 8.72. The van der Waals surface area contributed by atoms with Crippen LogP contribution in [0.1, 0.15) is 17.8 Å². The normalized spacial score (nSPS) is 13.8. The van der Waals surface area contributed by atoms with Crippen molar-refractivity contribution in [3.05, 3.63) is 102 Å². The minimum atomic E-state index is -0.158. The zero-order valence-electron chi connectivity index (χ0n) is 20.4. The predicted octanol–water partition coefficient (Wildman–Crippen LogP) is 6.26. The molecule has 0 unspecified atom stereocenters. The lowest BCUT2D eigenvalue weighted by Gasteiger charge is -2.26. The van der Waals surface area contributed by atoms with Gasteiger partial charge in [-0.1, -0.05) is 36.4 Å². The number of hydrogen-bond donors (Lipinski definition) is 0. The summed E-state index contributed by atoms with van der Waals surface area (Å²) >= 11 is 0. The van der Waals surface area contributed by atoms with E-state index in [0.29, 0.717) is 6.54 Å². The summed E-state index contributed by atoms with van der Waals surface area (Å²) < 4.78 is 24.7. The van der Waals surface area contributed by atoms with Gasteiger partial charge in [-0.25, -0.2) is 14.4 Å². The Kier molecular flexibility index (Phi) is 7.05. The standard InChI is InChI=1S/C30H28FN3O2/c1-35-25-11-7-21(8-12-25)27-19-32-30(33-29(27)22-9-13-26(36-2)14-10-22)23-15-17-34(18-16-23)20-24-5-3-4-6-28(24)31/h3-15,19H,16-18,20H2,1-2H3. The monoisotopic (exact) mass is 481 g/mol. The maximum atomic E-state index is 14.1. The lowest BCUT2D eigenvalue weighted by molar-refractivity contribution is 0.289. The molecule has 3 aromatic carbocycles. The van der Waals surface area contributed by atoms with E-state index >= 15 is 0 Å². The number of benzene rings is 3. The van der Waals surface area contributed by atoms with Crippen LogP contribution in [-0.2, 0) is 6.54 Å². The zero-order chi connectivity index (χ0) is 24.9. The Bertz CT molecular complexity index is 1370. The van der Waals surface area contributed by atoms with Crippen LogP contribution >= 0.6 is 0 Å². The van der Waals surface area contributed by atoms with E-state index in [-0.39, 0.29) is 5.82 Å². The molecule has 182 valence electrons. The van der Waals surface area contributed by atoms with Crippen LogP contribution in [0, 0.1) is 5.82 Å². The SMILES string of the molecule is COc1ccc(-c2cnc(C3=CCN(Cc4ccccc4F)CC3)nc2-c2ccc(OC)cc2)cc1. The molecule has 0 radical (unpaired) electrons. The second-order valence-electron chi connectivity index (χ2n) is 8.72. The molecule has 36 heavy (non-hydrogen) atoms. The fourth-order valence-corrected chi connectivity index (χ4v) is 4.41. The molecule has 1 aromatic heterocycles. The highest BCUT2D eigenvalue weighted by Crippen LogP contribution is 2.33. The van der Waals surface area contributed by atoms with Gasteiger partial charge in [0.15, 0.2) is 5.82 Å². The molecule has 0 saturated carbocycles. The van der Waals surface area contributed by atoms with E-state index in [2.05, 4.69) is 11.0 Å². The molecule has 5 rings (SSSR count). The number of ether oxygens (including phenoxy) is 2. The minimum Gasteiger partial charge on any atom is -0.497 e. The van der Waals surface area contributed by atoms with Gasteiger partial charge in [0, 0.05) is 42.5 Å². The molecule has 5 nitrogen and oxygen atoms in total. The molecule has 0 aliphatic carbocycles. The highest BCUT2D eigenvalue weighted by molar-refractivity contribution is 5.81. The van der Waals surface area contributed by atoms with Crippen LogP contribution in [0.25, 0.3) is 28.0 Å². The Morgan fingerprint density at radius 3 is 2.14 bits per heavy atom. The van der Waals surface area contributed by atoms with E-state index in [0.717, 1.165) is 70.4 Å². The molecule has 0 saturated heterocycles. The maximum absolute atomic E-state index is 14.1. The van der Waals surface area contributed by atoms with Crippen molar-refractivity contribution < 1.29 is 13.9 Å². The van der Waals surface area contributed by atoms with Gasteiger partial charge >= 0.3 is 0 Å². The fraction of sp³-hybridized carbons (Fsp3) is 0.200. The summed E-state index contributed by atoms with van der Waals surface area (Å²) in [6.07, 6.45) is 4.86. The average Bonchev–Trinajstić information content (AvgIpc) is 2.94. The van der Waals surface area contributed by atoms with Crippen LogP contribution in [0.15, 0.2) is 85.1 Å². The molecule has 2 heterocycles. The summed E-state index contributed by atoms with van der Waals surface area (Å²) in [5.41, 5.74) is 5.64. The first-order valence-corrected chi connectivity index (χ1v) is 12.0. The summed E-state index contributed by atoms with van der Waals surface area (Å²) in [5, 5.41) is 0. The molecule has 6 heteroatoms.